The highest BCUT2D eigenvalue weighted by molar-refractivity contribution is 6.21. The Morgan fingerprint density at radius 3 is 2.60 bits per heavy atom. The summed E-state index contributed by atoms with van der Waals surface area (Å²) >= 11 is 13.1. The molecular formula is C23H40Cl2N4O. The summed E-state index contributed by atoms with van der Waals surface area (Å²) in [5.74, 6) is 1.26. The number of nitrogens with zero attached hydrogens (tertiary/aromatic N) is 1. The second kappa shape index (κ2) is 9.70. The maximum atomic E-state index is 6.75. The summed E-state index contributed by atoms with van der Waals surface area (Å²) in [5, 5.41) is 12.0. The Bertz CT molecular complexity index is 577. The van der Waals surface area contributed by atoms with Crippen LogP contribution in [0.25, 0.3) is 0 Å². The zero-order chi connectivity index (χ0) is 20.7. The van der Waals surface area contributed by atoms with Gasteiger partial charge in [0.15, 0.2) is 0 Å². The predicted molar refractivity (Wildman–Crippen MR) is 123 cm³/mol. The Hall–Kier alpha value is 0.380. The minimum absolute atomic E-state index is 0.312. The van der Waals surface area contributed by atoms with Gasteiger partial charge in [0.25, 0.3) is 0 Å². The van der Waals surface area contributed by atoms with Crippen LogP contribution in [0.1, 0.15) is 58.3 Å². The van der Waals surface area contributed by atoms with Gasteiger partial charge in [-0.2, -0.15) is 0 Å². The predicted octanol–water partition coefficient (Wildman–Crippen LogP) is 2.90. The van der Waals surface area contributed by atoms with Gasteiger partial charge in [-0.1, -0.05) is 6.92 Å². The number of likely N-dealkylation sites (tertiary alicyclic amines) is 1. The van der Waals surface area contributed by atoms with Crippen LogP contribution in [-0.2, 0) is 4.74 Å². The number of piperidine rings is 1. The third-order valence-corrected chi connectivity index (χ3v) is 9.46. The molecule has 5 rings (SSSR count). The maximum absolute atomic E-state index is 6.75. The van der Waals surface area contributed by atoms with Gasteiger partial charge in [0.1, 0.15) is 0 Å². The van der Waals surface area contributed by atoms with Crippen LogP contribution in [0.4, 0.5) is 0 Å². The number of nitrogens with one attached hydrogen (secondary N) is 3. The first-order valence-electron chi connectivity index (χ1n) is 12.5. The Labute approximate surface area is 192 Å². The van der Waals surface area contributed by atoms with E-state index in [-0.39, 0.29) is 0 Å². The molecule has 5 aliphatic rings. The third-order valence-electron chi connectivity index (χ3n) is 8.56. The van der Waals surface area contributed by atoms with Crippen molar-refractivity contribution in [2.45, 2.75) is 106 Å². The first kappa shape index (κ1) is 22.2. The lowest BCUT2D eigenvalue weighted by Crippen LogP contribution is -2.66. The van der Waals surface area contributed by atoms with Crippen LogP contribution < -0.4 is 16.0 Å². The number of hydrogen-bond donors (Lipinski definition) is 3. The molecule has 0 aromatic heterocycles. The minimum Gasteiger partial charge on any atom is -0.372 e. The molecule has 0 aromatic rings. The topological polar surface area (TPSA) is 48.6 Å². The highest BCUT2D eigenvalue weighted by Crippen LogP contribution is 2.36. The highest BCUT2D eigenvalue weighted by atomic mass is 35.5. The zero-order valence-corrected chi connectivity index (χ0v) is 19.9. The van der Waals surface area contributed by atoms with Crippen molar-refractivity contribution in [1.29, 1.82) is 0 Å². The van der Waals surface area contributed by atoms with Gasteiger partial charge in [-0.05, 0) is 70.4 Å². The number of fused-ring (bicyclic) bond motifs is 1. The van der Waals surface area contributed by atoms with Crippen molar-refractivity contribution in [3.8, 4) is 0 Å². The van der Waals surface area contributed by atoms with Crippen LogP contribution >= 0.6 is 23.2 Å². The number of alkyl halides is 2. The minimum atomic E-state index is 0.312. The molecular weight excluding hydrogens is 419 g/mol. The summed E-state index contributed by atoms with van der Waals surface area (Å²) in [7, 11) is 0. The summed E-state index contributed by atoms with van der Waals surface area (Å²) < 4.78 is 6.38. The Morgan fingerprint density at radius 1 is 0.933 bits per heavy atom. The van der Waals surface area contributed by atoms with E-state index in [1.54, 1.807) is 0 Å². The maximum Gasteiger partial charge on any atom is 0.0832 e. The molecule has 7 heteroatoms. The van der Waals surface area contributed by atoms with E-state index in [1.165, 1.54) is 32.1 Å². The lowest BCUT2D eigenvalue weighted by atomic mass is 9.81. The second-order valence-corrected chi connectivity index (χ2v) is 11.8. The quantitative estimate of drug-likeness (QED) is 0.552. The van der Waals surface area contributed by atoms with Gasteiger partial charge in [-0.3, -0.25) is 10.2 Å². The summed E-state index contributed by atoms with van der Waals surface area (Å²) in [6.45, 7) is 6.82. The summed E-state index contributed by atoms with van der Waals surface area (Å²) in [6.07, 6.45) is 10.6. The monoisotopic (exact) mass is 458 g/mol. The largest absolute Gasteiger partial charge is 0.372 e. The van der Waals surface area contributed by atoms with Gasteiger partial charge >= 0.3 is 0 Å². The molecule has 9 unspecified atom stereocenters. The van der Waals surface area contributed by atoms with E-state index in [1.807, 2.05) is 0 Å². The molecule has 30 heavy (non-hydrogen) atoms. The van der Waals surface area contributed by atoms with Crippen molar-refractivity contribution in [3.63, 3.8) is 0 Å². The van der Waals surface area contributed by atoms with Crippen molar-refractivity contribution >= 4 is 23.2 Å². The van der Waals surface area contributed by atoms with Crippen molar-refractivity contribution in [2.24, 2.45) is 11.8 Å². The van der Waals surface area contributed by atoms with E-state index >= 15 is 0 Å². The van der Waals surface area contributed by atoms with E-state index in [4.69, 9.17) is 27.9 Å². The number of hydrogen-bond acceptors (Lipinski definition) is 5. The molecule has 3 heterocycles. The molecule has 2 aliphatic carbocycles. The summed E-state index contributed by atoms with van der Waals surface area (Å²) in [6, 6.07) is 1.76. The van der Waals surface area contributed by atoms with Crippen molar-refractivity contribution in [3.05, 3.63) is 0 Å². The van der Waals surface area contributed by atoms with Gasteiger partial charge < -0.3 is 15.4 Å². The fourth-order valence-electron chi connectivity index (χ4n) is 6.81. The molecule has 0 radical (unpaired) electrons. The first-order chi connectivity index (χ1) is 14.6. The van der Waals surface area contributed by atoms with Crippen molar-refractivity contribution in [1.82, 2.24) is 20.9 Å². The van der Waals surface area contributed by atoms with Crippen molar-refractivity contribution in [2.75, 3.05) is 26.2 Å². The lowest BCUT2D eigenvalue weighted by Gasteiger charge is -2.51. The standard InChI is InChI=1S/C23H40Cl2N4O/c1-14-22(29-12-18(13-29)30-17-4-2-3-15(24)9-17)6-8-27-23(14)28-16-10-20(25)19-5-7-26-21(19)11-16/h14-23,26-28H,2-13H2,1H3. The fraction of sp³-hybridized carbons (Fsp3) is 1.00. The first-order valence-corrected chi connectivity index (χ1v) is 13.3. The van der Waals surface area contributed by atoms with Crippen molar-refractivity contribution < 1.29 is 4.74 Å². The molecule has 0 amide bonds. The van der Waals surface area contributed by atoms with E-state index in [2.05, 4.69) is 27.8 Å². The molecule has 172 valence electrons. The summed E-state index contributed by atoms with van der Waals surface area (Å²) in [4.78, 5) is 2.66. The third kappa shape index (κ3) is 4.83. The van der Waals surface area contributed by atoms with Crippen LogP contribution in [0.2, 0.25) is 0 Å². The molecule has 5 nitrogen and oxygen atoms in total. The Morgan fingerprint density at radius 2 is 1.77 bits per heavy atom. The molecule has 5 fully saturated rings. The second-order valence-electron chi connectivity index (χ2n) is 10.6. The number of rotatable bonds is 5. The molecule has 0 aromatic carbocycles. The van der Waals surface area contributed by atoms with E-state index in [0.29, 0.717) is 59.1 Å². The molecule has 9 atom stereocenters. The van der Waals surface area contributed by atoms with E-state index in [0.717, 1.165) is 45.4 Å². The molecule has 3 aliphatic heterocycles. The van der Waals surface area contributed by atoms with E-state index in [9.17, 15) is 0 Å². The fourth-order valence-corrected chi connectivity index (χ4v) is 7.68. The van der Waals surface area contributed by atoms with Gasteiger partial charge in [0.05, 0.1) is 18.4 Å². The Kier molecular flexibility index (Phi) is 7.18. The molecule has 3 N–H and O–H groups in total. The average Bonchev–Trinajstić information content (AvgIpc) is 3.16. The number of halogens is 2. The van der Waals surface area contributed by atoms with Gasteiger partial charge in [0, 0.05) is 47.9 Å². The zero-order valence-electron chi connectivity index (χ0n) is 18.4. The molecule has 3 saturated heterocycles. The van der Waals surface area contributed by atoms with Crippen LogP contribution in [0, 0.1) is 11.8 Å². The highest BCUT2D eigenvalue weighted by Gasteiger charge is 2.43. The smallest absolute Gasteiger partial charge is 0.0832 e. The normalized spacial score (nSPS) is 48.3. The molecule has 2 saturated carbocycles. The molecule has 0 spiro atoms. The Balaban J connectivity index is 1.09. The molecule has 0 bridgehead atoms. The SMILES string of the molecule is CC1C(NC2CC(Cl)C3CCNC3C2)NCCC1N1CC(OC2CCCC(Cl)C2)C1. The lowest BCUT2D eigenvalue weighted by molar-refractivity contribution is -0.124. The van der Waals surface area contributed by atoms with Gasteiger partial charge in [-0.15, -0.1) is 23.2 Å². The average molecular weight is 460 g/mol. The van der Waals surface area contributed by atoms with Gasteiger partial charge in [0.2, 0.25) is 0 Å². The van der Waals surface area contributed by atoms with Gasteiger partial charge in [-0.25, -0.2) is 0 Å². The van der Waals surface area contributed by atoms with Crippen LogP contribution in [0.15, 0.2) is 0 Å². The van der Waals surface area contributed by atoms with E-state index < -0.39 is 0 Å². The van der Waals surface area contributed by atoms with Crippen LogP contribution in [-0.4, -0.2) is 78.3 Å². The summed E-state index contributed by atoms with van der Waals surface area (Å²) in [5.41, 5.74) is 0. The number of ether oxygens (including phenoxy) is 1. The van der Waals surface area contributed by atoms with Crippen LogP contribution in [0.3, 0.4) is 0 Å². The van der Waals surface area contributed by atoms with Crippen LogP contribution in [0.5, 0.6) is 0 Å².